The quantitative estimate of drug-likeness (QED) is 0.322. The molecule has 8 heteroatoms. The summed E-state index contributed by atoms with van der Waals surface area (Å²) in [6, 6.07) is 13.2. The second-order valence-corrected chi connectivity index (χ2v) is 10.5. The van der Waals surface area contributed by atoms with Crippen LogP contribution in [-0.2, 0) is 16.0 Å². The van der Waals surface area contributed by atoms with Crippen LogP contribution >= 0.6 is 11.8 Å². The van der Waals surface area contributed by atoms with Gasteiger partial charge in [-0.1, -0.05) is 75.4 Å². The summed E-state index contributed by atoms with van der Waals surface area (Å²) in [7, 11) is 0. The van der Waals surface area contributed by atoms with E-state index in [0.717, 1.165) is 35.1 Å². The number of nitrogens with one attached hydrogen (secondary N) is 2. The van der Waals surface area contributed by atoms with Crippen LogP contribution in [0.15, 0.2) is 42.5 Å². The van der Waals surface area contributed by atoms with E-state index in [9.17, 15) is 19.5 Å². The monoisotopic (exact) mass is 534 g/mol. The van der Waals surface area contributed by atoms with E-state index < -0.39 is 12.0 Å². The number of thioether (sulfide) groups is 1. The molecule has 0 heterocycles. The van der Waals surface area contributed by atoms with Crippen molar-refractivity contribution in [3.05, 3.63) is 59.2 Å². The molecule has 1 aliphatic carbocycles. The van der Waals surface area contributed by atoms with Crippen LogP contribution in [-0.4, -0.2) is 47.5 Å². The number of aryl methyl sites for hydroxylation is 2. The summed E-state index contributed by atoms with van der Waals surface area (Å²) in [5.41, 5.74) is 4.55. The predicted molar refractivity (Wildman–Crippen MR) is 154 cm³/mol. The number of benzene rings is 2. The van der Waals surface area contributed by atoms with E-state index >= 15 is 0 Å². The second kappa shape index (κ2) is 19.0. The Morgan fingerprint density at radius 2 is 1.74 bits per heavy atom. The van der Waals surface area contributed by atoms with Crippen molar-refractivity contribution < 1.29 is 39.8 Å². The van der Waals surface area contributed by atoms with E-state index in [4.69, 9.17) is 0 Å². The molecule has 0 aliphatic heterocycles. The minimum atomic E-state index is -1.00. The minimum Gasteiger partial charge on any atom is -1.00 e. The van der Waals surface area contributed by atoms with Crippen LogP contribution in [0.3, 0.4) is 0 Å². The fourth-order valence-electron chi connectivity index (χ4n) is 4.56. The smallest absolute Gasteiger partial charge is 1.00 e. The molecule has 1 fully saturated rings. The molecule has 0 bridgehead atoms. The Morgan fingerprint density at radius 1 is 1.08 bits per heavy atom. The van der Waals surface area contributed by atoms with Crippen molar-refractivity contribution in [2.45, 2.75) is 83.7 Å². The summed E-state index contributed by atoms with van der Waals surface area (Å²) in [5, 5.41) is 14.9. The second-order valence-electron chi connectivity index (χ2n) is 9.52. The SMILES string of the molecule is CCc1ccc(C(=O)NC(CCSC)C(=O)O)c(-c2ccccc2C)c1.O=CNC1CCCCCCC1.[H-].[Li+]. The molecule has 3 rings (SSSR count). The zero-order valence-electron chi connectivity index (χ0n) is 24.4. The number of hydrogen-bond donors (Lipinski definition) is 3. The number of carbonyl (C=O) groups excluding carboxylic acids is 2. The summed E-state index contributed by atoms with van der Waals surface area (Å²) in [6.45, 7) is 4.08. The van der Waals surface area contributed by atoms with Gasteiger partial charge in [0.05, 0.1) is 0 Å². The fraction of sp³-hybridized carbons (Fsp3) is 0.500. The van der Waals surface area contributed by atoms with E-state index in [-0.39, 0.29) is 26.2 Å². The Morgan fingerprint density at radius 3 is 2.32 bits per heavy atom. The third-order valence-electron chi connectivity index (χ3n) is 6.80. The molecule has 2 amide bonds. The number of amides is 2. The first kappa shape index (κ1) is 33.8. The van der Waals surface area contributed by atoms with Gasteiger partial charge in [-0.25, -0.2) is 4.79 Å². The standard InChI is InChI=1S/C21H25NO3S.C9H17NO.Li.H/c1-4-15-9-10-17(18(13-15)16-8-6-5-7-14(16)2)20(23)22-19(21(24)25)11-12-26-3;11-8-10-9-6-4-2-1-3-5-7-9;;/h5-10,13,19H,4,11-12H2,1-3H3,(H,22,23)(H,24,25);8-9H,1-7H2,(H,10,11);;/q;;+1;-1. The fourth-order valence-corrected chi connectivity index (χ4v) is 5.03. The third-order valence-corrected chi connectivity index (χ3v) is 7.44. The normalized spacial score (nSPS) is 14.4. The van der Waals surface area contributed by atoms with Crippen LogP contribution < -0.4 is 29.5 Å². The molecule has 0 saturated heterocycles. The molecule has 38 heavy (non-hydrogen) atoms. The topological polar surface area (TPSA) is 95.5 Å². The van der Waals surface area contributed by atoms with E-state index in [0.29, 0.717) is 23.8 Å². The van der Waals surface area contributed by atoms with E-state index in [2.05, 4.69) is 17.6 Å². The number of hydrogen-bond acceptors (Lipinski definition) is 4. The first-order valence-corrected chi connectivity index (χ1v) is 14.7. The molecular formula is C30H43LiN2O4S. The summed E-state index contributed by atoms with van der Waals surface area (Å²) >= 11 is 1.56. The van der Waals surface area contributed by atoms with Gasteiger partial charge in [0.15, 0.2) is 0 Å². The molecule has 204 valence electrons. The van der Waals surface area contributed by atoms with Gasteiger partial charge in [0, 0.05) is 11.6 Å². The zero-order valence-corrected chi connectivity index (χ0v) is 24.2. The molecule has 1 saturated carbocycles. The molecule has 2 aromatic carbocycles. The first-order valence-electron chi connectivity index (χ1n) is 13.3. The third kappa shape index (κ3) is 11.3. The average Bonchev–Trinajstić information content (AvgIpc) is 2.88. The molecule has 6 nitrogen and oxygen atoms in total. The van der Waals surface area contributed by atoms with E-state index in [1.807, 2.05) is 49.6 Å². The minimum absolute atomic E-state index is 0. The van der Waals surface area contributed by atoms with Crippen molar-refractivity contribution >= 4 is 30.0 Å². The Kier molecular flexibility index (Phi) is 16.9. The molecular weight excluding hydrogens is 491 g/mol. The summed E-state index contributed by atoms with van der Waals surface area (Å²) in [4.78, 5) is 34.5. The van der Waals surface area contributed by atoms with Gasteiger partial charge in [0.2, 0.25) is 6.41 Å². The molecule has 2 aromatic rings. The molecule has 0 spiro atoms. The van der Waals surface area contributed by atoms with Crippen LogP contribution in [0.2, 0.25) is 0 Å². The van der Waals surface area contributed by atoms with Crippen LogP contribution in [0.4, 0.5) is 0 Å². The average molecular weight is 535 g/mol. The molecule has 3 N–H and O–H groups in total. The zero-order chi connectivity index (χ0) is 27.0. The largest absolute Gasteiger partial charge is 1.00 e. The van der Waals surface area contributed by atoms with Crippen LogP contribution in [0, 0.1) is 6.92 Å². The Hall–Kier alpha value is -2.20. The van der Waals surface area contributed by atoms with Crippen molar-refractivity contribution in [3.8, 4) is 11.1 Å². The molecule has 1 aliphatic rings. The van der Waals surface area contributed by atoms with Gasteiger partial charge in [0.25, 0.3) is 5.91 Å². The van der Waals surface area contributed by atoms with Crippen molar-refractivity contribution in [2.75, 3.05) is 12.0 Å². The number of carboxylic acid groups (broad SMARTS) is 1. The van der Waals surface area contributed by atoms with Crippen LogP contribution in [0.1, 0.15) is 81.2 Å². The van der Waals surface area contributed by atoms with Crippen LogP contribution in [0.25, 0.3) is 11.1 Å². The maximum absolute atomic E-state index is 12.8. The van der Waals surface area contributed by atoms with Gasteiger partial charge in [-0.2, -0.15) is 11.8 Å². The summed E-state index contributed by atoms with van der Waals surface area (Å²) in [5.74, 6) is -0.675. The van der Waals surface area contributed by atoms with Crippen molar-refractivity contribution in [1.29, 1.82) is 0 Å². The summed E-state index contributed by atoms with van der Waals surface area (Å²) in [6.07, 6.45) is 13.0. The van der Waals surface area contributed by atoms with Crippen molar-refractivity contribution in [3.63, 3.8) is 0 Å². The van der Waals surface area contributed by atoms with Crippen LogP contribution in [0.5, 0.6) is 0 Å². The predicted octanol–water partition coefficient (Wildman–Crippen LogP) is 3.12. The van der Waals surface area contributed by atoms with Crippen molar-refractivity contribution in [1.82, 2.24) is 10.6 Å². The maximum Gasteiger partial charge on any atom is 1.00 e. The molecule has 1 unspecified atom stereocenters. The number of aliphatic carboxylic acids is 1. The molecule has 1 atom stereocenters. The van der Waals surface area contributed by atoms with Gasteiger partial charge in [-0.05, 0) is 72.9 Å². The van der Waals surface area contributed by atoms with Gasteiger partial charge in [0.1, 0.15) is 6.04 Å². The Balaban J connectivity index is 0.000000939. The van der Waals surface area contributed by atoms with Gasteiger partial charge in [-0.15, -0.1) is 0 Å². The van der Waals surface area contributed by atoms with Gasteiger partial charge < -0.3 is 17.2 Å². The summed E-state index contributed by atoms with van der Waals surface area (Å²) < 4.78 is 0. The van der Waals surface area contributed by atoms with Crippen molar-refractivity contribution in [2.24, 2.45) is 0 Å². The number of carbonyl (C=O) groups is 3. The molecule has 0 aromatic heterocycles. The number of carboxylic acids is 1. The number of rotatable bonds is 10. The maximum atomic E-state index is 12.8. The first-order chi connectivity index (χ1) is 17.9. The molecule has 0 radical (unpaired) electrons. The van der Waals surface area contributed by atoms with Gasteiger partial charge >= 0.3 is 24.8 Å². The van der Waals surface area contributed by atoms with E-state index in [1.54, 1.807) is 17.8 Å². The Bertz CT molecular complexity index is 1020. The van der Waals surface area contributed by atoms with E-state index in [1.165, 1.54) is 44.9 Å². The van der Waals surface area contributed by atoms with Gasteiger partial charge in [-0.3, -0.25) is 9.59 Å². The Labute approximate surface area is 245 Å².